The number of pyridine rings is 1. The van der Waals surface area contributed by atoms with Crippen LogP contribution in [0.25, 0.3) is 0 Å². The summed E-state index contributed by atoms with van der Waals surface area (Å²) >= 11 is 0. The SMILES string of the molecule is NC(=O)c1cnc(F)cc1F. The molecule has 0 aliphatic carbocycles. The lowest BCUT2D eigenvalue weighted by Crippen LogP contribution is -2.13. The van der Waals surface area contributed by atoms with Gasteiger partial charge in [-0.25, -0.2) is 9.37 Å². The summed E-state index contributed by atoms with van der Waals surface area (Å²) in [6, 6.07) is 0.500. The fraction of sp³-hybridized carbons (Fsp3) is 0. The van der Waals surface area contributed by atoms with E-state index in [0.29, 0.717) is 6.07 Å². The fourth-order valence-corrected chi connectivity index (χ4v) is 0.589. The quantitative estimate of drug-likeness (QED) is 0.603. The van der Waals surface area contributed by atoms with Crippen LogP contribution in [0.2, 0.25) is 0 Å². The summed E-state index contributed by atoms with van der Waals surface area (Å²) in [6.45, 7) is 0. The molecule has 0 unspecified atom stereocenters. The standard InChI is InChI=1S/C6H4F2N2O/c7-4-1-5(8)10-2-3(4)6(9)11/h1-2H,(H2,9,11). The van der Waals surface area contributed by atoms with Gasteiger partial charge in [0.05, 0.1) is 5.56 Å². The van der Waals surface area contributed by atoms with Gasteiger partial charge in [-0.3, -0.25) is 4.79 Å². The third-order valence-electron chi connectivity index (χ3n) is 1.09. The number of nitrogens with two attached hydrogens (primary N) is 1. The molecule has 1 heterocycles. The first-order valence-corrected chi connectivity index (χ1v) is 2.72. The van der Waals surface area contributed by atoms with Gasteiger partial charge in [-0.05, 0) is 0 Å². The van der Waals surface area contributed by atoms with E-state index in [2.05, 4.69) is 4.98 Å². The molecule has 3 nitrogen and oxygen atoms in total. The van der Waals surface area contributed by atoms with Gasteiger partial charge in [0.25, 0.3) is 5.91 Å². The Labute approximate surface area is 60.8 Å². The second-order valence-electron chi connectivity index (χ2n) is 1.85. The average molecular weight is 158 g/mol. The Balaban J connectivity index is 3.20. The van der Waals surface area contributed by atoms with Gasteiger partial charge in [0, 0.05) is 12.3 Å². The molecule has 11 heavy (non-hydrogen) atoms. The number of primary amides is 1. The lowest BCUT2D eigenvalue weighted by atomic mass is 10.2. The molecule has 0 spiro atoms. The Hall–Kier alpha value is -1.52. The van der Waals surface area contributed by atoms with E-state index in [0.717, 1.165) is 6.20 Å². The van der Waals surface area contributed by atoms with Gasteiger partial charge in [0.2, 0.25) is 5.95 Å². The van der Waals surface area contributed by atoms with Crippen LogP contribution in [-0.4, -0.2) is 10.9 Å². The minimum atomic E-state index is -0.995. The number of nitrogens with zero attached hydrogens (tertiary/aromatic N) is 1. The predicted octanol–water partition coefficient (Wildman–Crippen LogP) is 0.459. The smallest absolute Gasteiger partial charge is 0.253 e. The highest BCUT2D eigenvalue weighted by Gasteiger charge is 2.08. The molecule has 0 fully saturated rings. The highest BCUT2D eigenvalue weighted by Crippen LogP contribution is 2.04. The van der Waals surface area contributed by atoms with E-state index in [9.17, 15) is 13.6 Å². The van der Waals surface area contributed by atoms with Crippen LogP contribution in [0, 0.1) is 11.8 Å². The zero-order chi connectivity index (χ0) is 8.43. The van der Waals surface area contributed by atoms with Crippen molar-refractivity contribution in [3.05, 3.63) is 29.6 Å². The third-order valence-corrected chi connectivity index (χ3v) is 1.09. The monoisotopic (exact) mass is 158 g/mol. The molecule has 0 aliphatic rings. The van der Waals surface area contributed by atoms with Crippen LogP contribution in [0.4, 0.5) is 8.78 Å². The van der Waals surface area contributed by atoms with Crippen molar-refractivity contribution in [2.75, 3.05) is 0 Å². The van der Waals surface area contributed by atoms with Crippen LogP contribution in [0.1, 0.15) is 10.4 Å². The molecule has 1 aromatic rings. The minimum Gasteiger partial charge on any atom is -0.365 e. The molecule has 5 heteroatoms. The molecule has 2 N–H and O–H groups in total. The fourth-order valence-electron chi connectivity index (χ4n) is 0.589. The van der Waals surface area contributed by atoms with Gasteiger partial charge in [-0.1, -0.05) is 0 Å². The van der Waals surface area contributed by atoms with Gasteiger partial charge >= 0.3 is 0 Å². The predicted molar refractivity (Wildman–Crippen MR) is 32.7 cm³/mol. The molecule has 1 amide bonds. The first-order chi connectivity index (χ1) is 5.11. The molecular formula is C6H4F2N2O. The number of amides is 1. The van der Waals surface area contributed by atoms with Crippen molar-refractivity contribution in [1.82, 2.24) is 4.98 Å². The number of hydrogen-bond donors (Lipinski definition) is 1. The first kappa shape index (κ1) is 7.59. The lowest BCUT2D eigenvalue weighted by Gasteiger charge is -1.95. The van der Waals surface area contributed by atoms with E-state index in [1.165, 1.54) is 0 Å². The first-order valence-electron chi connectivity index (χ1n) is 2.72. The topological polar surface area (TPSA) is 56.0 Å². The van der Waals surface area contributed by atoms with Crippen molar-refractivity contribution in [2.45, 2.75) is 0 Å². The average Bonchev–Trinajstić information content (AvgIpc) is 1.85. The molecule has 1 aromatic heterocycles. The molecular weight excluding hydrogens is 154 g/mol. The molecule has 0 atom stereocenters. The molecule has 0 bridgehead atoms. The normalized spacial score (nSPS) is 9.64. The summed E-state index contributed by atoms with van der Waals surface area (Å²) < 4.78 is 24.6. The van der Waals surface area contributed by atoms with Gasteiger partial charge in [-0.15, -0.1) is 0 Å². The molecule has 58 valence electrons. The number of carbonyl (C=O) groups is 1. The molecule has 0 radical (unpaired) electrons. The number of hydrogen-bond acceptors (Lipinski definition) is 2. The Morgan fingerprint density at radius 1 is 1.55 bits per heavy atom. The highest BCUT2D eigenvalue weighted by atomic mass is 19.1. The minimum absolute atomic E-state index is 0.411. The molecule has 0 aliphatic heterocycles. The molecule has 0 saturated heterocycles. The summed E-state index contributed by atoms with van der Waals surface area (Å²) in [7, 11) is 0. The van der Waals surface area contributed by atoms with Gasteiger partial charge in [0.15, 0.2) is 0 Å². The maximum absolute atomic E-state index is 12.5. The summed E-state index contributed by atoms with van der Waals surface area (Å²) in [5.41, 5.74) is 4.31. The largest absolute Gasteiger partial charge is 0.365 e. The van der Waals surface area contributed by atoms with Crippen molar-refractivity contribution in [1.29, 1.82) is 0 Å². The van der Waals surface area contributed by atoms with E-state index in [1.807, 2.05) is 0 Å². The van der Waals surface area contributed by atoms with E-state index >= 15 is 0 Å². The van der Waals surface area contributed by atoms with Crippen LogP contribution < -0.4 is 5.73 Å². The van der Waals surface area contributed by atoms with E-state index < -0.39 is 23.2 Å². The zero-order valence-electron chi connectivity index (χ0n) is 5.34. The van der Waals surface area contributed by atoms with Crippen LogP contribution >= 0.6 is 0 Å². The second-order valence-corrected chi connectivity index (χ2v) is 1.85. The third kappa shape index (κ3) is 1.49. The van der Waals surface area contributed by atoms with E-state index in [4.69, 9.17) is 5.73 Å². The maximum atomic E-state index is 12.5. The van der Waals surface area contributed by atoms with E-state index in [-0.39, 0.29) is 0 Å². The summed E-state index contributed by atoms with van der Waals surface area (Å²) in [5, 5.41) is 0. The van der Waals surface area contributed by atoms with Crippen LogP contribution in [-0.2, 0) is 0 Å². The number of carbonyl (C=O) groups excluding carboxylic acids is 1. The molecule has 0 saturated carbocycles. The summed E-state index contributed by atoms with van der Waals surface area (Å²) in [6.07, 6.45) is 0.757. The number of aromatic nitrogens is 1. The number of rotatable bonds is 1. The van der Waals surface area contributed by atoms with Crippen LogP contribution in [0.3, 0.4) is 0 Å². The Morgan fingerprint density at radius 2 is 2.18 bits per heavy atom. The molecule has 1 rings (SSSR count). The van der Waals surface area contributed by atoms with E-state index in [1.54, 1.807) is 0 Å². The zero-order valence-corrected chi connectivity index (χ0v) is 5.34. The maximum Gasteiger partial charge on any atom is 0.253 e. The highest BCUT2D eigenvalue weighted by molar-refractivity contribution is 5.92. The van der Waals surface area contributed by atoms with Crippen LogP contribution in [0.15, 0.2) is 12.3 Å². The van der Waals surface area contributed by atoms with Gasteiger partial charge < -0.3 is 5.73 Å². The second kappa shape index (κ2) is 2.61. The van der Waals surface area contributed by atoms with Crippen LogP contribution in [0.5, 0.6) is 0 Å². The Morgan fingerprint density at radius 3 is 2.64 bits per heavy atom. The Kier molecular flexibility index (Phi) is 1.80. The van der Waals surface area contributed by atoms with Gasteiger partial charge in [0.1, 0.15) is 5.82 Å². The summed E-state index contributed by atoms with van der Waals surface area (Å²) in [5.74, 6) is -2.94. The lowest BCUT2D eigenvalue weighted by molar-refractivity contribution is 0.0996. The molecule has 0 aromatic carbocycles. The van der Waals surface area contributed by atoms with Gasteiger partial charge in [-0.2, -0.15) is 4.39 Å². The van der Waals surface area contributed by atoms with Crippen molar-refractivity contribution in [2.24, 2.45) is 5.73 Å². The number of halogens is 2. The van der Waals surface area contributed by atoms with Crippen molar-refractivity contribution in [3.63, 3.8) is 0 Å². The van der Waals surface area contributed by atoms with Crippen molar-refractivity contribution < 1.29 is 13.6 Å². The Bertz CT molecular complexity index is 301. The van der Waals surface area contributed by atoms with Crippen molar-refractivity contribution >= 4 is 5.91 Å². The van der Waals surface area contributed by atoms with Crippen molar-refractivity contribution in [3.8, 4) is 0 Å². The summed E-state index contributed by atoms with van der Waals surface area (Å²) in [4.78, 5) is 13.4.